The van der Waals surface area contributed by atoms with Gasteiger partial charge in [0, 0.05) is 0 Å². The van der Waals surface area contributed by atoms with Crippen LogP contribution >= 0.6 is 11.8 Å². The minimum atomic E-state index is -1.19. The summed E-state index contributed by atoms with van der Waals surface area (Å²) in [5, 5.41) is 9.05. The molecule has 0 aromatic heterocycles. The summed E-state index contributed by atoms with van der Waals surface area (Å²) >= 11 is 0.567. The summed E-state index contributed by atoms with van der Waals surface area (Å²) in [6, 6.07) is 15.2. The Kier molecular flexibility index (Phi) is 8.23. The number of esters is 1. The highest BCUT2D eigenvalue weighted by Crippen LogP contribution is 2.23. The number of carbonyl (C=O) groups is 4. The van der Waals surface area contributed by atoms with Gasteiger partial charge in [0.1, 0.15) is 24.5 Å². The molecule has 0 fully saturated rings. The smallest absolute Gasteiger partial charge is 0.373 e. The van der Waals surface area contributed by atoms with E-state index in [1.54, 1.807) is 12.1 Å². The average molecular weight is 417 g/mol. The Morgan fingerprint density at radius 3 is 2.38 bits per heavy atom. The largest absolute Gasteiger partial charge is 0.480 e. The number of ether oxygens (including phenoxy) is 2. The van der Waals surface area contributed by atoms with E-state index >= 15 is 0 Å². The predicted octanol–water partition coefficient (Wildman–Crippen LogP) is 2.86. The Morgan fingerprint density at radius 2 is 1.69 bits per heavy atom. The van der Waals surface area contributed by atoms with E-state index in [-0.39, 0.29) is 17.9 Å². The molecule has 152 valence electrons. The van der Waals surface area contributed by atoms with Gasteiger partial charge in [-0.15, -0.1) is 0 Å². The van der Waals surface area contributed by atoms with Gasteiger partial charge >= 0.3 is 17.2 Å². The van der Waals surface area contributed by atoms with Crippen molar-refractivity contribution in [2.24, 2.45) is 0 Å². The molecule has 0 aliphatic heterocycles. The number of carboxylic acids is 1. The summed E-state index contributed by atoms with van der Waals surface area (Å²) in [4.78, 5) is 46.7. The van der Waals surface area contributed by atoms with Crippen LogP contribution in [0, 0.1) is 0 Å². The van der Waals surface area contributed by atoms with Crippen molar-refractivity contribution in [3.8, 4) is 5.75 Å². The Balaban J connectivity index is 1.95. The van der Waals surface area contributed by atoms with Gasteiger partial charge in [-0.25, -0.2) is 9.59 Å². The molecular weight excluding hydrogens is 398 g/mol. The van der Waals surface area contributed by atoms with Gasteiger partial charge in [0.2, 0.25) is 5.91 Å². The number of carboxylic acid groups (broad SMARTS) is 1. The van der Waals surface area contributed by atoms with Crippen LogP contribution in [0.2, 0.25) is 0 Å². The first-order valence-corrected chi connectivity index (χ1v) is 9.43. The molecule has 0 radical (unpaired) electrons. The number of aliphatic carboxylic acids is 1. The number of thioether (sulfide) groups is 1. The van der Waals surface area contributed by atoms with Gasteiger partial charge < -0.3 is 19.9 Å². The lowest BCUT2D eigenvalue weighted by Gasteiger charge is -2.12. The Bertz CT molecular complexity index is 885. The third-order valence-electron chi connectivity index (χ3n) is 3.57. The summed E-state index contributed by atoms with van der Waals surface area (Å²) in [7, 11) is 0. The second-order valence-corrected chi connectivity index (χ2v) is 7.06. The Hall–Kier alpha value is -3.33. The molecule has 0 aliphatic carbocycles. The van der Waals surface area contributed by atoms with E-state index in [0.29, 0.717) is 11.8 Å². The number of para-hydroxylation sites is 1. The van der Waals surface area contributed by atoms with Gasteiger partial charge in [-0.3, -0.25) is 9.59 Å². The molecule has 29 heavy (non-hydrogen) atoms. The normalized spacial score (nSPS) is 11.2. The quantitative estimate of drug-likeness (QED) is 0.630. The first-order chi connectivity index (χ1) is 13.9. The van der Waals surface area contributed by atoms with Crippen LogP contribution in [-0.2, 0) is 20.9 Å². The Labute approximate surface area is 171 Å². The molecular formula is C20H19NO7S. The van der Waals surface area contributed by atoms with Crippen LogP contribution < -0.4 is 10.1 Å². The number of nitrogens with one attached hydrogen (secondary N) is 1. The van der Waals surface area contributed by atoms with Crippen molar-refractivity contribution in [1.82, 2.24) is 5.32 Å². The van der Waals surface area contributed by atoms with Crippen molar-refractivity contribution < 1.29 is 33.8 Å². The number of hydrogen-bond acceptors (Lipinski definition) is 7. The highest BCUT2D eigenvalue weighted by atomic mass is 32.2. The van der Waals surface area contributed by atoms with Crippen LogP contribution in [0.25, 0.3) is 0 Å². The fraction of sp³-hybridized carbons (Fsp3) is 0.200. The molecule has 1 amide bonds. The first kappa shape index (κ1) is 22.0. The summed E-state index contributed by atoms with van der Waals surface area (Å²) in [6.45, 7) is 0.954. The molecule has 8 nitrogen and oxygen atoms in total. The van der Waals surface area contributed by atoms with Crippen LogP contribution in [0.1, 0.15) is 22.8 Å². The number of benzene rings is 2. The number of amides is 1. The highest BCUT2D eigenvalue weighted by Gasteiger charge is 2.22. The topological polar surface area (TPSA) is 119 Å². The van der Waals surface area contributed by atoms with Gasteiger partial charge in [0.15, 0.2) is 0 Å². The monoisotopic (exact) mass is 417 g/mol. The molecule has 2 N–H and O–H groups in total. The number of carbonyl (C=O) groups excluding carboxylic acids is 3. The van der Waals surface area contributed by atoms with E-state index in [1.165, 1.54) is 19.1 Å². The average Bonchev–Trinajstić information content (AvgIpc) is 2.71. The van der Waals surface area contributed by atoms with E-state index in [1.807, 2.05) is 30.3 Å². The van der Waals surface area contributed by atoms with E-state index < -0.39 is 34.9 Å². The molecule has 2 aromatic rings. The zero-order valence-electron chi connectivity index (χ0n) is 15.5. The lowest BCUT2D eigenvalue weighted by Crippen LogP contribution is -2.35. The Morgan fingerprint density at radius 1 is 1.03 bits per heavy atom. The molecule has 1 unspecified atom stereocenters. The van der Waals surface area contributed by atoms with E-state index in [0.717, 1.165) is 5.56 Å². The van der Waals surface area contributed by atoms with Crippen LogP contribution in [0.4, 0.5) is 4.79 Å². The lowest BCUT2D eigenvalue weighted by molar-refractivity contribution is -0.137. The summed E-state index contributed by atoms with van der Waals surface area (Å²) < 4.78 is 10.4. The van der Waals surface area contributed by atoms with Crippen molar-refractivity contribution in [3.63, 3.8) is 0 Å². The molecule has 0 saturated heterocycles. The van der Waals surface area contributed by atoms with E-state index in [9.17, 15) is 19.2 Å². The molecule has 9 heteroatoms. The van der Waals surface area contributed by atoms with Crippen molar-refractivity contribution in [2.75, 3.05) is 6.54 Å². The summed E-state index contributed by atoms with van der Waals surface area (Å²) in [5.41, 5.74) is 0.882. The third-order valence-corrected chi connectivity index (χ3v) is 4.41. The minimum Gasteiger partial charge on any atom is -0.480 e. The van der Waals surface area contributed by atoms with Gasteiger partial charge in [-0.2, -0.15) is 0 Å². The second kappa shape index (κ2) is 10.9. The fourth-order valence-corrected chi connectivity index (χ4v) is 2.76. The van der Waals surface area contributed by atoms with Gasteiger partial charge in [0.05, 0.1) is 5.25 Å². The van der Waals surface area contributed by atoms with Crippen molar-refractivity contribution in [1.29, 1.82) is 0 Å². The van der Waals surface area contributed by atoms with Crippen molar-refractivity contribution >= 4 is 34.9 Å². The predicted molar refractivity (Wildman–Crippen MR) is 106 cm³/mol. The summed E-state index contributed by atoms with van der Waals surface area (Å²) in [6.07, 6.45) is 0. The van der Waals surface area contributed by atoms with Crippen LogP contribution in [0.5, 0.6) is 5.75 Å². The first-order valence-electron chi connectivity index (χ1n) is 8.55. The third kappa shape index (κ3) is 7.30. The van der Waals surface area contributed by atoms with E-state index in [2.05, 4.69) is 5.32 Å². The zero-order chi connectivity index (χ0) is 21.2. The zero-order valence-corrected chi connectivity index (χ0v) is 16.3. The molecule has 0 aliphatic rings. The van der Waals surface area contributed by atoms with Crippen LogP contribution in [0.15, 0.2) is 54.6 Å². The molecule has 0 heterocycles. The van der Waals surface area contributed by atoms with Gasteiger partial charge in [0.25, 0.3) is 0 Å². The number of rotatable bonds is 8. The second-order valence-electron chi connectivity index (χ2n) is 5.78. The fourth-order valence-electron chi connectivity index (χ4n) is 2.14. The SMILES string of the molecule is CC(SC(=O)Oc1ccccc1C(=O)OCc1ccccc1)C(=O)NCC(=O)O. The van der Waals surface area contributed by atoms with Crippen molar-refractivity contribution in [3.05, 3.63) is 65.7 Å². The van der Waals surface area contributed by atoms with Gasteiger partial charge in [-0.1, -0.05) is 42.5 Å². The molecule has 0 bridgehead atoms. The molecule has 1 atom stereocenters. The van der Waals surface area contributed by atoms with Gasteiger partial charge in [-0.05, 0) is 36.4 Å². The number of hydrogen-bond donors (Lipinski definition) is 2. The maximum Gasteiger partial charge on any atom is 0.373 e. The maximum atomic E-state index is 12.4. The molecule has 0 saturated carbocycles. The standard InChI is InChI=1S/C20H19NO7S/c1-13(18(24)21-11-17(22)23)29-20(26)28-16-10-6-5-9-15(16)19(25)27-12-14-7-3-2-4-8-14/h2-10,13H,11-12H2,1H3,(H,21,24)(H,22,23). The molecule has 2 aromatic carbocycles. The highest BCUT2D eigenvalue weighted by molar-refractivity contribution is 8.14. The minimum absolute atomic E-state index is 0.00112. The summed E-state index contributed by atoms with van der Waals surface area (Å²) in [5.74, 6) is -2.47. The molecule has 2 rings (SSSR count). The maximum absolute atomic E-state index is 12.4. The lowest BCUT2D eigenvalue weighted by atomic mass is 10.2. The van der Waals surface area contributed by atoms with Crippen molar-refractivity contribution in [2.45, 2.75) is 18.8 Å². The van der Waals surface area contributed by atoms with Crippen LogP contribution in [-0.4, -0.2) is 40.0 Å². The van der Waals surface area contributed by atoms with Crippen LogP contribution in [0.3, 0.4) is 0 Å². The van der Waals surface area contributed by atoms with E-state index in [4.69, 9.17) is 14.6 Å². The molecule has 0 spiro atoms.